The molecule has 0 spiro atoms. The molecule has 0 unspecified atom stereocenters. The predicted octanol–water partition coefficient (Wildman–Crippen LogP) is 2.31. The minimum absolute atomic E-state index is 0.393. The van der Waals surface area contributed by atoms with Crippen LogP contribution >= 0.6 is 11.6 Å². The first-order valence-corrected chi connectivity index (χ1v) is 4.73. The van der Waals surface area contributed by atoms with E-state index in [0.717, 1.165) is 6.42 Å². The first-order chi connectivity index (χ1) is 6.81. The van der Waals surface area contributed by atoms with Crippen LogP contribution in [0.25, 0.3) is 0 Å². The minimum atomic E-state index is 0.393. The number of carbonyl (C=O) groups is 1. The van der Waals surface area contributed by atoms with Crippen LogP contribution in [-0.4, -0.2) is 19.5 Å². The van der Waals surface area contributed by atoms with Crippen LogP contribution in [0.5, 0.6) is 11.5 Å². The fourth-order valence-electron chi connectivity index (χ4n) is 1.29. The van der Waals surface area contributed by atoms with Gasteiger partial charge in [0.05, 0.1) is 18.2 Å². The number of hydrogen-bond donors (Lipinski definition) is 0. The molecule has 0 fully saturated rings. The van der Waals surface area contributed by atoms with Gasteiger partial charge in [-0.15, -0.1) is 0 Å². The quantitative estimate of drug-likeness (QED) is 0.671. The summed E-state index contributed by atoms with van der Waals surface area (Å²) in [7, 11) is 0. The molecule has 0 saturated heterocycles. The summed E-state index contributed by atoms with van der Waals surface area (Å²) in [6, 6.07) is 3.22. The van der Waals surface area contributed by atoms with Gasteiger partial charge in [-0.1, -0.05) is 11.6 Å². The molecule has 0 N–H and O–H groups in total. The van der Waals surface area contributed by atoms with E-state index in [0.29, 0.717) is 41.6 Å². The van der Waals surface area contributed by atoms with Crippen molar-refractivity contribution in [3.8, 4) is 11.5 Å². The first kappa shape index (κ1) is 9.34. The fraction of sp³-hybridized carbons (Fsp3) is 0.300. The smallest absolute Gasteiger partial charge is 0.162 e. The molecule has 0 radical (unpaired) electrons. The van der Waals surface area contributed by atoms with Gasteiger partial charge in [-0.25, -0.2) is 0 Å². The largest absolute Gasteiger partial charge is 0.490 e. The lowest BCUT2D eigenvalue weighted by molar-refractivity contribution is 0.112. The Hall–Kier alpha value is -1.22. The average molecular weight is 213 g/mol. The summed E-state index contributed by atoms with van der Waals surface area (Å²) in [5, 5.41) is 0.393. The Morgan fingerprint density at radius 3 is 2.50 bits per heavy atom. The Labute approximate surface area is 86.6 Å². The monoisotopic (exact) mass is 212 g/mol. The third kappa shape index (κ3) is 1.68. The van der Waals surface area contributed by atoms with E-state index in [1.165, 1.54) is 0 Å². The molecule has 0 amide bonds. The molecule has 1 aliphatic heterocycles. The van der Waals surface area contributed by atoms with Crippen LogP contribution in [0.1, 0.15) is 16.8 Å². The fourth-order valence-corrected chi connectivity index (χ4v) is 1.49. The van der Waals surface area contributed by atoms with Gasteiger partial charge >= 0.3 is 0 Å². The summed E-state index contributed by atoms with van der Waals surface area (Å²) in [5.74, 6) is 1.20. The third-order valence-electron chi connectivity index (χ3n) is 1.99. The second-order valence-electron chi connectivity index (χ2n) is 2.99. The van der Waals surface area contributed by atoms with E-state index in [9.17, 15) is 4.79 Å². The number of rotatable bonds is 1. The first-order valence-electron chi connectivity index (χ1n) is 4.35. The van der Waals surface area contributed by atoms with Crippen molar-refractivity contribution in [3.63, 3.8) is 0 Å². The van der Waals surface area contributed by atoms with Crippen molar-refractivity contribution in [2.45, 2.75) is 6.42 Å². The van der Waals surface area contributed by atoms with Crippen LogP contribution in [0.15, 0.2) is 12.1 Å². The van der Waals surface area contributed by atoms with Crippen molar-refractivity contribution in [1.82, 2.24) is 0 Å². The summed E-state index contributed by atoms with van der Waals surface area (Å²) in [6.45, 7) is 1.22. The summed E-state index contributed by atoms with van der Waals surface area (Å²) in [6.07, 6.45) is 1.54. The second kappa shape index (κ2) is 3.88. The Balaban J connectivity index is 2.45. The van der Waals surface area contributed by atoms with Gasteiger partial charge in [0.25, 0.3) is 0 Å². The van der Waals surface area contributed by atoms with Gasteiger partial charge in [-0.05, 0) is 6.07 Å². The number of carbonyl (C=O) groups excluding carboxylic acids is 1. The molecule has 4 heteroatoms. The SMILES string of the molecule is O=Cc1cc2c(cc1Cl)OCCCO2. The molecule has 1 aromatic carbocycles. The van der Waals surface area contributed by atoms with Gasteiger partial charge in [0, 0.05) is 18.1 Å². The van der Waals surface area contributed by atoms with E-state index in [-0.39, 0.29) is 0 Å². The lowest BCUT2D eigenvalue weighted by Gasteiger charge is -2.08. The highest BCUT2D eigenvalue weighted by Crippen LogP contribution is 2.34. The zero-order chi connectivity index (χ0) is 9.97. The molecule has 2 rings (SSSR count). The van der Waals surface area contributed by atoms with Gasteiger partial charge in [-0.2, -0.15) is 0 Å². The maximum Gasteiger partial charge on any atom is 0.162 e. The average Bonchev–Trinajstić information content (AvgIpc) is 2.41. The van der Waals surface area contributed by atoms with Crippen LogP contribution in [0.3, 0.4) is 0 Å². The number of halogens is 1. The zero-order valence-electron chi connectivity index (χ0n) is 7.46. The Kier molecular flexibility index (Phi) is 2.59. The lowest BCUT2D eigenvalue weighted by Crippen LogP contribution is -1.97. The summed E-state index contributed by atoms with van der Waals surface area (Å²) >= 11 is 5.85. The normalized spacial score (nSPS) is 14.6. The van der Waals surface area contributed by atoms with E-state index in [2.05, 4.69) is 0 Å². The molecule has 0 saturated carbocycles. The van der Waals surface area contributed by atoms with Gasteiger partial charge in [-0.3, -0.25) is 4.79 Å². The highest BCUT2D eigenvalue weighted by atomic mass is 35.5. The molecular weight excluding hydrogens is 204 g/mol. The van der Waals surface area contributed by atoms with Crippen molar-refractivity contribution < 1.29 is 14.3 Å². The maximum absolute atomic E-state index is 10.6. The summed E-state index contributed by atoms with van der Waals surface area (Å²) in [5.41, 5.74) is 0.427. The van der Waals surface area contributed by atoms with E-state index in [1.807, 2.05) is 0 Å². The standard InChI is InChI=1S/C10H9ClO3/c11-8-5-10-9(4-7(8)6-12)13-2-1-3-14-10/h4-6H,1-3H2. The molecule has 3 nitrogen and oxygen atoms in total. The molecule has 0 bridgehead atoms. The second-order valence-corrected chi connectivity index (χ2v) is 3.40. The number of aldehydes is 1. The molecule has 1 heterocycles. The Bertz CT molecular complexity index is 363. The number of hydrogen-bond acceptors (Lipinski definition) is 3. The maximum atomic E-state index is 10.6. The molecule has 14 heavy (non-hydrogen) atoms. The van der Waals surface area contributed by atoms with Crippen molar-refractivity contribution in [2.24, 2.45) is 0 Å². The number of benzene rings is 1. The highest BCUT2D eigenvalue weighted by Gasteiger charge is 2.13. The van der Waals surface area contributed by atoms with Gasteiger partial charge < -0.3 is 9.47 Å². The van der Waals surface area contributed by atoms with Crippen LogP contribution in [-0.2, 0) is 0 Å². The lowest BCUT2D eigenvalue weighted by atomic mass is 10.2. The highest BCUT2D eigenvalue weighted by molar-refractivity contribution is 6.33. The van der Waals surface area contributed by atoms with Crippen LogP contribution in [0, 0.1) is 0 Å². The van der Waals surface area contributed by atoms with Crippen LogP contribution in [0.4, 0.5) is 0 Å². The Morgan fingerprint density at radius 2 is 1.86 bits per heavy atom. The van der Waals surface area contributed by atoms with Crippen molar-refractivity contribution in [3.05, 3.63) is 22.7 Å². The molecular formula is C10H9ClO3. The summed E-state index contributed by atoms with van der Waals surface area (Å²) in [4.78, 5) is 10.6. The van der Waals surface area contributed by atoms with Crippen LogP contribution in [0.2, 0.25) is 5.02 Å². The number of ether oxygens (including phenoxy) is 2. The van der Waals surface area contributed by atoms with E-state index < -0.39 is 0 Å². The van der Waals surface area contributed by atoms with E-state index >= 15 is 0 Å². The van der Waals surface area contributed by atoms with Crippen molar-refractivity contribution in [2.75, 3.05) is 13.2 Å². The van der Waals surface area contributed by atoms with E-state index in [4.69, 9.17) is 21.1 Å². The summed E-state index contributed by atoms with van der Waals surface area (Å²) < 4.78 is 10.8. The zero-order valence-corrected chi connectivity index (χ0v) is 8.21. The van der Waals surface area contributed by atoms with Gasteiger partial charge in [0.1, 0.15) is 0 Å². The van der Waals surface area contributed by atoms with Crippen molar-refractivity contribution in [1.29, 1.82) is 0 Å². The van der Waals surface area contributed by atoms with Crippen molar-refractivity contribution >= 4 is 17.9 Å². The topological polar surface area (TPSA) is 35.5 Å². The Morgan fingerprint density at radius 1 is 1.21 bits per heavy atom. The molecule has 0 aliphatic carbocycles. The van der Waals surface area contributed by atoms with Gasteiger partial charge in [0.15, 0.2) is 17.8 Å². The molecule has 0 aromatic heterocycles. The predicted molar refractivity (Wildman–Crippen MR) is 52.4 cm³/mol. The van der Waals surface area contributed by atoms with Crippen LogP contribution < -0.4 is 9.47 Å². The van der Waals surface area contributed by atoms with Gasteiger partial charge in [0.2, 0.25) is 0 Å². The molecule has 0 atom stereocenters. The number of fused-ring (bicyclic) bond motifs is 1. The molecule has 74 valence electrons. The van der Waals surface area contributed by atoms with E-state index in [1.54, 1.807) is 12.1 Å². The molecule has 1 aliphatic rings. The third-order valence-corrected chi connectivity index (χ3v) is 2.32. The minimum Gasteiger partial charge on any atom is -0.490 e. The molecule has 1 aromatic rings.